The van der Waals surface area contributed by atoms with Gasteiger partial charge >= 0.3 is 6.18 Å². The first kappa shape index (κ1) is 21.8. The topological polar surface area (TPSA) is 68.1 Å². The molecule has 0 saturated carbocycles. The molecule has 1 saturated heterocycles. The predicted octanol–water partition coefficient (Wildman–Crippen LogP) is 1.87. The second-order valence-corrected chi connectivity index (χ2v) is 8.21. The highest BCUT2D eigenvalue weighted by Gasteiger charge is 2.30. The van der Waals surface area contributed by atoms with Crippen molar-refractivity contribution in [3.05, 3.63) is 58.6 Å². The summed E-state index contributed by atoms with van der Waals surface area (Å²) in [5, 5.41) is 25.4. The van der Waals surface area contributed by atoms with E-state index in [-0.39, 0.29) is 6.04 Å². The minimum atomic E-state index is -4.39. The summed E-state index contributed by atoms with van der Waals surface area (Å²) in [6, 6.07) is 10.5. The predicted molar refractivity (Wildman–Crippen MR) is 111 cm³/mol. The van der Waals surface area contributed by atoms with Crippen LogP contribution >= 0.6 is 0 Å². The van der Waals surface area contributed by atoms with Gasteiger partial charge in [0.05, 0.1) is 23.1 Å². The van der Waals surface area contributed by atoms with E-state index >= 15 is 0 Å². The highest BCUT2D eigenvalue weighted by Crippen LogP contribution is 2.31. The van der Waals surface area contributed by atoms with Crippen molar-refractivity contribution in [2.24, 2.45) is 4.99 Å². The molecule has 1 fully saturated rings. The third-order valence-corrected chi connectivity index (χ3v) is 5.81. The maximum absolute atomic E-state index is 13.1. The molecule has 0 aliphatic carbocycles. The minimum absolute atomic E-state index is 0.120. The summed E-state index contributed by atoms with van der Waals surface area (Å²) in [5.74, 6) is 0. The van der Waals surface area contributed by atoms with Gasteiger partial charge in [-0.25, -0.2) is 0 Å². The van der Waals surface area contributed by atoms with Crippen LogP contribution in [-0.4, -0.2) is 53.1 Å². The van der Waals surface area contributed by atoms with E-state index in [1.165, 1.54) is 6.07 Å². The molecule has 8 heteroatoms. The lowest BCUT2D eigenvalue weighted by Crippen LogP contribution is -2.48. The molecule has 0 radical (unpaired) electrons. The number of rotatable bonds is 5. The summed E-state index contributed by atoms with van der Waals surface area (Å²) in [7, 11) is 0. The van der Waals surface area contributed by atoms with Gasteiger partial charge in [0.15, 0.2) is 0 Å². The molecule has 0 bridgehead atoms. The molecule has 0 amide bonds. The first-order chi connectivity index (χ1) is 14.8. The lowest BCUT2D eigenvalue weighted by molar-refractivity contribution is -0.137. The number of nitrogens with one attached hydrogen (secondary N) is 1. The van der Waals surface area contributed by atoms with Crippen LogP contribution in [0, 0.1) is 0 Å². The van der Waals surface area contributed by atoms with Crippen molar-refractivity contribution in [2.75, 3.05) is 19.8 Å². The van der Waals surface area contributed by atoms with Gasteiger partial charge in [0.25, 0.3) is 0 Å². The Morgan fingerprint density at radius 1 is 1.16 bits per heavy atom. The number of fused-ring (bicyclic) bond motifs is 1. The number of hydrogen-bond donors (Lipinski definition) is 3. The van der Waals surface area contributed by atoms with Crippen molar-refractivity contribution < 1.29 is 23.4 Å². The number of nitrogens with zero attached hydrogens (tertiary/aromatic N) is 2. The summed E-state index contributed by atoms with van der Waals surface area (Å²) < 4.78 is 39.2. The van der Waals surface area contributed by atoms with E-state index in [1.54, 1.807) is 18.2 Å². The highest BCUT2D eigenvalue weighted by molar-refractivity contribution is 5.64. The molecule has 2 aliphatic rings. The average molecular weight is 433 g/mol. The molecule has 4 rings (SSSR count). The van der Waals surface area contributed by atoms with E-state index in [1.807, 2.05) is 17.2 Å². The quantitative estimate of drug-likeness (QED) is 0.674. The Bertz CT molecular complexity index is 1040. The number of piperidine rings is 1. The Balaban J connectivity index is 1.50. The molecule has 2 aliphatic heterocycles. The smallest absolute Gasteiger partial charge is 0.392 e. The zero-order chi connectivity index (χ0) is 22.0. The normalized spacial score (nSPS) is 22.3. The molecule has 5 nitrogen and oxygen atoms in total. The summed E-state index contributed by atoms with van der Waals surface area (Å²) >= 11 is 0. The standard InChI is InChI=1S/C23H26F3N3O2/c24-23(25,26)18-4-1-3-15(10-18)16-6-7-20-17(9-16)12-29(14-28-20)13-19(30)11-21-22(31)5-2-8-27-21/h1,3-4,6-7,9-10,12,19,21-22,27,30-31H,2,5,8,11,13-14H2/t19?,21-,22+/m1/s1. The van der Waals surface area contributed by atoms with Crippen LogP contribution < -0.4 is 15.9 Å². The molecule has 31 heavy (non-hydrogen) atoms. The Labute approximate surface area is 178 Å². The van der Waals surface area contributed by atoms with Crippen LogP contribution in [0.25, 0.3) is 17.3 Å². The lowest BCUT2D eigenvalue weighted by Gasteiger charge is -2.32. The average Bonchev–Trinajstić information content (AvgIpc) is 2.74. The first-order valence-electron chi connectivity index (χ1n) is 10.5. The Kier molecular flexibility index (Phi) is 6.31. The first-order valence-corrected chi connectivity index (χ1v) is 10.5. The molecule has 3 N–H and O–H groups in total. The van der Waals surface area contributed by atoms with Crippen LogP contribution in [0.2, 0.25) is 0 Å². The number of halogens is 3. The third kappa shape index (κ3) is 5.26. The third-order valence-electron chi connectivity index (χ3n) is 5.81. The molecule has 3 atom stereocenters. The van der Waals surface area contributed by atoms with Crippen LogP contribution in [0.15, 0.2) is 47.5 Å². The number of benzene rings is 2. The van der Waals surface area contributed by atoms with Gasteiger partial charge in [0, 0.05) is 24.0 Å². The maximum Gasteiger partial charge on any atom is 0.416 e. The van der Waals surface area contributed by atoms with E-state index in [4.69, 9.17) is 0 Å². The Morgan fingerprint density at radius 2 is 1.97 bits per heavy atom. The number of aliphatic hydroxyl groups excluding tert-OH is 2. The van der Waals surface area contributed by atoms with Crippen molar-refractivity contribution in [3.63, 3.8) is 0 Å². The van der Waals surface area contributed by atoms with Gasteiger partial charge in [-0.1, -0.05) is 18.2 Å². The number of β-amino-alcohol motifs (C(OH)–C–C–N with tert-alkyl or cyclic N) is 1. The van der Waals surface area contributed by atoms with Crippen molar-refractivity contribution in [1.82, 2.24) is 10.2 Å². The summed E-state index contributed by atoms with van der Waals surface area (Å²) in [6.45, 7) is 1.60. The number of hydrogen-bond acceptors (Lipinski definition) is 5. The zero-order valence-electron chi connectivity index (χ0n) is 17.0. The molecule has 1 unspecified atom stereocenters. The lowest BCUT2D eigenvalue weighted by atomic mass is 9.96. The molecular formula is C23H26F3N3O2. The van der Waals surface area contributed by atoms with Gasteiger partial charge in [-0.05, 0) is 61.2 Å². The minimum Gasteiger partial charge on any atom is -0.392 e. The molecule has 2 heterocycles. The van der Waals surface area contributed by atoms with E-state index < -0.39 is 23.9 Å². The van der Waals surface area contributed by atoms with E-state index in [2.05, 4.69) is 10.3 Å². The number of alkyl halides is 3. The van der Waals surface area contributed by atoms with Crippen LogP contribution in [0.5, 0.6) is 0 Å². The Hall–Kier alpha value is -2.42. The monoisotopic (exact) mass is 433 g/mol. The Morgan fingerprint density at radius 3 is 2.74 bits per heavy atom. The molecule has 2 aromatic rings. The molecule has 0 spiro atoms. The fraction of sp³-hybridized carbons (Fsp3) is 0.435. The highest BCUT2D eigenvalue weighted by atomic mass is 19.4. The van der Waals surface area contributed by atoms with Crippen LogP contribution in [0.1, 0.15) is 24.8 Å². The van der Waals surface area contributed by atoms with Crippen molar-refractivity contribution >= 4 is 6.20 Å². The van der Waals surface area contributed by atoms with Crippen LogP contribution in [0.4, 0.5) is 13.2 Å². The summed E-state index contributed by atoms with van der Waals surface area (Å²) in [5.41, 5.74) is 0.480. The fourth-order valence-corrected chi connectivity index (χ4v) is 4.19. The SMILES string of the molecule is OC(C[C@H]1NCCC[C@@H]1O)CN1C=c2cc(-c3cccc(C(F)(F)F)c3)ccc2=NC1. The molecular weight excluding hydrogens is 407 g/mol. The maximum atomic E-state index is 13.1. The largest absolute Gasteiger partial charge is 0.416 e. The molecule has 0 aromatic heterocycles. The van der Waals surface area contributed by atoms with Gasteiger partial charge in [0.2, 0.25) is 0 Å². The van der Waals surface area contributed by atoms with Gasteiger partial charge in [0.1, 0.15) is 6.67 Å². The van der Waals surface area contributed by atoms with Crippen molar-refractivity contribution in [2.45, 2.75) is 43.7 Å². The van der Waals surface area contributed by atoms with Gasteiger partial charge in [-0.15, -0.1) is 0 Å². The van der Waals surface area contributed by atoms with Crippen LogP contribution in [0.3, 0.4) is 0 Å². The van der Waals surface area contributed by atoms with E-state index in [0.717, 1.165) is 42.1 Å². The van der Waals surface area contributed by atoms with E-state index in [9.17, 15) is 23.4 Å². The second kappa shape index (κ2) is 8.98. The van der Waals surface area contributed by atoms with Gasteiger partial charge in [-0.3, -0.25) is 4.99 Å². The van der Waals surface area contributed by atoms with Crippen molar-refractivity contribution in [1.29, 1.82) is 0 Å². The number of aliphatic hydroxyl groups is 2. The molecule has 2 aromatic carbocycles. The van der Waals surface area contributed by atoms with Gasteiger partial charge < -0.3 is 20.4 Å². The van der Waals surface area contributed by atoms with Crippen LogP contribution in [-0.2, 0) is 6.18 Å². The fourth-order valence-electron chi connectivity index (χ4n) is 4.19. The van der Waals surface area contributed by atoms with Crippen molar-refractivity contribution in [3.8, 4) is 11.1 Å². The summed E-state index contributed by atoms with van der Waals surface area (Å²) in [4.78, 5) is 6.41. The van der Waals surface area contributed by atoms with Gasteiger partial charge in [-0.2, -0.15) is 13.2 Å². The van der Waals surface area contributed by atoms with E-state index in [0.29, 0.717) is 30.8 Å². The molecule has 166 valence electrons. The summed E-state index contributed by atoms with van der Waals surface area (Å²) in [6.07, 6.45) is -1.48. The second-order valence-electron chi connectivity index (χ2n) is 8.21. The zero-order valence-corrected chi connectivity index (χ0v) is 17.0.